The molecule has 0 spiro atoms. The van der Waals surface area contributed by atoms with E-state index in [2.05, 4.69) is 0 Å². The molecule has 1 aromatic rings. The largest absolute Gasteiger partial charge is 0.490 e. The van der Waals surface area contributed by atoms with Crippen molar-refractivity contribution in [2.75, 3.05) is 12.4 Å². The molecule has 4 nitrogen and oxygen atoms in total. The summed E-state index contributed by atoms with van der Waals surface area (Å²) in [6.45, 7) is 0.0615. The number of benzene rings is 1. The van der Waals surface area contributed by atoms with Crippen LogP contribution in [0.3, 0.4) is 0 Å². The summed E-state index contributed by atoms with van der Waals surface area (Å²) >= 11 is 0. The molecule has 0 aliphatic heterocycles. The van der Waals surface area contributed by atoms with Gasteiger partial charge in [-0.3, -0.25) is 0 Å². The van der Waals surface area contributed by atoms with Crippen molar-refractivity contribution in [3.63, 3.8) is 0 Å². The van der Waals surface area contributed by atoms with E-state index in [4.69, 9.17) is 9.88 Å². The zero-order chi connectivity index (χ0) is 15.5. The molecule has 118 valence electrons. The van der Waals surface area contributed by atoms with Crippen molar-refractivity contribution in [2.45, 2.75) is 32.1 Å². The number of halogens is 2. The Morgan fingerprint density at radius 3 is 2.43 bits per heavy atom. The predicted octanol–water partition coefficient (Wildman–Crippen LogP) is 2.58. The molecule has 0 atom stereocenters. The van der Waals surface area contributed by atoms with E-state index in [0.717, 1.165) is 31.4 Å². The van der Waals surface area contributed by atoms with Crippen LogP contribution < -0.4 is 9.88 Å². The Labute approximate surface area is 123 Å². The number of sulfonamides is 1. The summed E-state index contributed by atoms with van der Waals surface area (Å²) in [6, 6.07) is 3.05. The minimum Gasteiger partial charge on any atom is -0.490 e. The van der Waals surface area contributed by atoms with E-state index in [1.165, 1.54) is 6.07 Å². The molecule has 7 heteroatoms. The van der Waals surface area contributed by atoms with Crippen molar-refractivity contribution in [3.8, 4) is 5.75 Å². The van der Waals surface area contributed by atoms with Gasteiger partial charge in [0.15, 0.2) is 11.6 Å². The quantitative estimate of drug-likeness (QED) is 0.907. The lowest BCUT2D eigenvalue weighted by Crippen LogP contribution is -2.40. The second kappa shape index (κ2) is 6.27. The molecule has 1 fully saturated rings. The number of nitrogens with two attached hydrogens (primary N) is 1. The molecule has 1 saturated carbocycles. The van der Waals surface area contributed by atoms with Crippen LogP contribution in [0.25, 0.3) is 0 Å². The summed E-state index contributed by atoms with van der Waals surface area (Å²) in [6.07, 6.45) is 4.17. The molecule has 0 radical (unpaired) electrons. The minimum atomic E-state index is -3.64. The fourth-order valence-corrected chi connectivity index (χ4v) is 4.11. The smallest absolute Gasteiger partial charge is 0.209 e. The molecule has 1 aromatic carbocycles. The summed E-state index contributed by atoms with van der Waals surface area (Å²) in [5.74, 6) is -1.73. The second-order valence-electron chi connectivity index (χ2n) is 5.73. The number of hydrogen-bond acceptors (Lipinski definition) is 3. The van der Waals surface area contributed by atoms with Crippen LogP contribution in [-0.2, 0) is 10.0 Å². The van der Waals surface area contributed by atoms with Gasteiger partial charge in [-0.05, 0) is 25.0 Å². The second-order valence-corrected chi connectivity index (χ2v) is 7.35. The Kier molecular flexibility index (Phi) is 4.83. The standard InChI is InChI=1S/C14H19F2NO3S/c15-11-4-5-13(12(16)8-11)20-9-14(10-21(17,18)19)6-2-1-3-7-14/h4-5,8H,1-3,6-7,9-10H2,(H2,17,18,19). The Balaban J connectivity index is 2.12. The highest BCUT2D eigenvalue weighted by molar-refractivity contribution is 7.89. The molecule has 2 N–H and O–H groups in total. The van der Waals surface area contributed by atoms with Crippen LogP contribution >= 0.6 is 0 Å². The normalized spacial score (nSPS) is 18.4. The first kappa shape index (κ1) is 16.2. The highest BCUT2D eigenvalue weighted by Gasteiger charge is 2.36. The van der Waals surface area contributed by atoms with E-state index in [1.807, 2.05) is 0 Å². The maximum absolute atomic E-state index is 13.6. The first-order chi connectivity index (χ1) is 9.80. The summed E-state index contributed by atoms with van der Waals surface area (Å²) in [4.78, 5) is 0. The molecule has 1 aliphatic carbocycles. The average molecular weight is 319 g/mol. The van der Waals surface area contributed by atoms with Crippen molar-refractivity contribution in [3.05, 3.63) is 29.8 Å². The molecule has 0 unspecified atom stereocenters. The van der Waals surface area contributed by atoms with Crippen LogP contribution in [0.5, 0.6) is 5.75 Å². The van der Waals surface area contributed by atoms with Gasteiger partial charge in [-0.1, -0.05) is 19.3 Å². The van der Waals surface area contributed by atoms with Gasteiger partial charge >= 0.3 is 0 Å². The molecule has 1 aliphatic rings. The van der Waals surface area contributed by atoms with Crippen LogP contribution in [0, 0.1) is 17.0 Å². The fourth-order valence-electron chi connectivity index (χ4n) is 2.88. The summed E-state index contributed by atoms with van der Waals surface area (Å²) < 4.78 is 54.7. The third-order valence-electron chi connectivity index (χ3n) is 3.85. The van der Waals surface area contributed by atoms with Gasteiger partial charge in [-0.15, -0.1) is 0 Å². The Morgan fingerprint density at radius 1 is 1.19 bits per heavy atom. The Hall–Kier alpha value is -1.21. The summed E-state index contributed by atoms with van der Waals surface area (Å²) in [5, 5.41) is 5.16. The molecule has 0 aromatic heterocycles. The van der Waals surface area contributed by atoms with Crippen LogP contribution in [0.4, 0.5) is 8.78 Å². The Bertz CT molecular complexity index is 598. The summed E-state index contributed by atoms with van der Waals surface area (Å²) in [5.41, 5.74) is -0.591. The highest BCUT2D eigenvalue weighted by atomic mass is 32.2. The highest BCUT2D eigenvalue weighted by Crippen LogP contribution is 2.38. The average Bonchev–Trinajstić information content (AvgIpc) is 2.37. The van der Waals surface area contributed by atoms with E-state index < -0.39 is 27.1 Å². The van der Waals surface area contributed by atoms with Gasteiger partial charge in [0.25, 0.3) is 0 Å². The van der Waals surface area contributed by atoms with E-state index in [1.54, 1.807) is 0 Å². The van der Waals surface area contributed by atoms with Crippen molar-refractivity contribution < 1.29 is 21.9 Å². The van der Waals surface area contributed by atoms with Crippen molar-refractivity contribution in [2.24, 2.45) is 10.6 Å². The molecular formula is C14H19F2NO3S. The molecule has 0 saturated heterocycles. The molecule has 21 heavy (non-hydrogen) atoms. The lowest BCUT2D eigenvalue weighted by Gasteiger charge is -2.36. The Morgan fingerprint density at radius 2 is 1.86 bits per heavy atom. The third-order valence-corrected chi connectivity index (χ3v) is 4.86. The van der Waals surface area contributed by atoms with Gasteiger partial charge in [0, 0.05) is 11.5 Å². The van der Waals surface area contributed by atoms with E-state index in [9.17, 15) is 17.2 Å². The van der Waals surface area contributed by atoms with Crippen molar-refractivity contribution in [1.82, 2.24) is 0 Å². The number of hydrogen-bond donors (Lipinski definition) is 1. The SMILES string of the molecule is NS(=O)(=O)CC1(COc2ccc(F)cc2F)CCCCC1. The molecular weight excluding hydrogens is 300 g/mol. The van der Waals surface area contributed by atoms with Crippen LogP contribution in [0.15, 0.2) is 18.2 Å². The lowest BCUT2D eigenvalue weighted by atomic mass is 9.76. The van der Waals surface area contributed by atoms with Gasteiger partial charge in [0.2, 0.25) is 10.0 Å². The monoisotopic (exact) mass is 319 g/mol. The maximum atomic E-state index is 13.6. The number of primary sulfonamides is 1. The first-order valence-electron chi connectivity index (χ1n) is 6.88. The van der Waals surface area contributed by atoms with E-state index >= 15 is 0 Å². The van der Waals surface area contributed by atoms with Crippen LogP contribution in [0.1, 0.15) is 32.1 Å². The van der Waals surface area contributed by atoms with E-state index in [0.29, 0.717) is 12.8 Å². The van der Waals surface area contributed by atoms with Crippen molar-refractivity contribution in [1.29, 1.82) is 0 Å². The minimum absolute atomic E-state index is 0.0615. The molecule has 0 bridgehead atoms. The summed E-state index contributed by atoms with van der Waals surface area (Å²) in [7, 11) is -3.64. The van der Waals surface area contributed by atoms with Crippen LogP contribution in [-0.4, -0.2) is 20.8 Å². The number of rotatable bonds is 5. The van der Waals surface area contributed by atoms with Gasteiger partial charge < -0.3 is 4.74 Å². The predicted molar refractivity (Wildman–Crippen MR) is 75.3 cm³/mol. The van der Waals surface area contributed by atoms with Crippen molar-refractivity contribution >= 4 is 10.0 Å². The first-order valence-corrected chi connectivity index (χ1v) is 8.60. The van der Waals surface area contributed by atoms with Gasteiger partial charge in [0.05, 0.1) is 12.4 Å². The van der Waals surface area contributed by atoms with Gasteiger partial charge in [0.1, 0.15) is 5.82 Å². The topological polar surface area (TPSA) is 69.4 Å². The van der Waals surface area contributed by atoms with Crippen LogP contribution in [0.2, 0.25) is 0 Å². The lowest BCUT2D eigenvalue weighted by molar-refractivity contribution is 0.115. The maximum Gasteiger partial charge on any atom is 0.209 e. The fraction of sp³-hybridized carbons (Fsp3) is 0.571. The van der Waals surface area contributed by atoms with E-state index in [-0.39, 0.29) is 18.1 Å². The molecule has 2 rings (SSSR count). The third kappa shape index (κ3) is 4.64. The molecule has 0 heterocycles. The number of ether oxygens (including phenoxy) is 1. The zero-order valence-electron chi connectivity index (χ0n) is 11.6. The molecule has 0 amide bonds. The van der Waals surface area contributed by atoms with Gasteiger partial charge in [-0.25, -0.2) is 22.3 Å². The zero-order valence-corrected chi connectivity index (χ0v) is 12.5. The van der Waals surface area contributed by atoms with Gasteiger partial charge in [-0.2, -0.15) is 0 Å².